The van der Waals surface area contributed by atoms with Crippen LogP contribution in [0.3, 0.4) is 0 Å². The fourth-order valence-corrected chi connectivity index (χ4v) is 3.39. The highest BCUT2D eigenvalue weighted by Gasteiger charge is 2.32. The van der Waals surface area contributed by atoms with Crippen LogP contribution in [0.4, 0.5) is 0 Å². The lowest BCUT2D eigenvalue weighted by atomic mass is 9.74. The molecule has 1 unspecified atom stereocenters. The molecule has 0 spiro atoms. The molecular formula is C21H20N6O2. The Morgan fingerprint density at radius 3 is 2.79 bits per heavy atom. The summed E-state index contributed by atoms with van der Waals surface area (Å²) in [7, 11) is 0. The van der Waals surface area contributed by atoms with E-state index in [-0.39, 0.29) is 23.1 Å². The Morgan fingerprint density at radius 1 is 1.24 bits per heavy atom. The second-order valence-corrected chi connectivity index (χ2v) is 7.92. The van der Waals surface area contributed by atoms with Crippen LogP contribution in [0.5, 0.6) is 0 Å². The molecule has 1 atom stereocenters. The van der Waals surface area contributed by atoms with E-state index in [1.807, 2.05) is 12.2 Å². The van der Waals surface area contributed by atoms with Crippen LogP contribution in [-0.4, -0.2) is 37.7 Å². The summed E-state index contributed by atoms with van der Waals surface area (Å²) in [6, 6.07) is 6.91. The average molecular weight is 388 g/mol. The number of hydrogen-bond donors (Lipinski definition) is 1. The molecule has 2 aliphatic rings. The van der Waals surface area contributed by atoms with Crippen molar-refractivity contribution in [3.8, 4) is 5.69 Å². The van der Waals surface area contributed by atoms with Gasteiger partial charge in [-0.15, -0.1) is 5.10 Å². The van der Waals surface area contributed by atoms with Gasteiger partial charge < -0.3 is 5.32 Å². The molecule has 1 N–H and O–H groups in total. The third-order valence-electron chi connectivity index (χ3n) is 4.79. The lowest BCUT2D eigenvalue weighted by Crippen LogP contribution is -2.36. The summed E-state index contributed by atoms with van der Waals surface area (Å²) in [5, 5.41) is 13.9. The van der Waals surface area contributed by atoms with Crippen molar-refractivity contribution in [2.45, 2.75) is 20.8 Å². The van der Waals surface area contributed by atoms with Crippen LogP contribution in [0.2, 0.25) is 0 Å². The third-order valence-corrected chi connectivity index (χ3v) is 4.79. The van der Waals surface area contributed by atoms with Gasteiger partial charge in [-0.3, -0.25) is 9.59 Å². The number of benzene rings is 1. The first-order valence-corrected chi connectivity index (χ1v) is 9.20. The highest BCUT2D eigenvalue weighted by Crippen LogP contribution is 2.38. The first kappa shape index (κ1) is 18.7. The maximum atomic E-state index is 12.7. The van der Waals surface area contributed by atoms with Gasteiger partial charge in [-0.1, -0.05) is 32.9 Å². The molecule has 8 heteroatoms. The summed E-state index contributed by atoms with van der Waals surface area (Å²) in [5.41, 5.74) is 3.19. The number of rotatable bonds is 2. The number of amides is 2. The largest absolute Gasteiger partial charge is 0.325 e. The van der Waals surface area contributed by atoms with Gasteiger partial charge in [-0.05, 0) is 51.8 Å². The number of hydrogen-bond acceptors (Lipinski definition) is 5. The van der Waals surface area contributed by atoms with Gasteiger partial charge >= 0.3 is 0 Å². The van der Waals surface area contributed by atoms with Crippen molar-refractivity contribution in [3.05, 3.63) is 71.7 Å². The first-order valence-electron chi connectivity index (χ1n) is 9.20. The zero-order valence-electron chi connectivity index (χ0n) is 16.3. The van der Waals surface area contributed by atoms with Crippen LogP contribution in [0.15, 0.2) is 71.2 Å². The lowest BCUT2D eigenvalue weighted by Gasteiger charge is -2.34. The van der Waals surface area contributed by atoms with Gasteiger partial charge in [0, 0.05) is 23.3 Å². The molecule has 2 heterocycles. The number of allylic oxidation sites excluding steroid dienone is 3. The zero-order valence-corrected chi connectivity index (χ0v) is 16.3. The van der Waals surface area contributed by atoms with E-state index in [2.05, 4.69) is 46.6 Å². The van der Waals surface area contributed by atoms with Gasteiger partial charge in [-0.2, -0.15) is 0 Å². The van der Waals surface area contributed by atoms with Crippen LogP contribution < -0.4 is 5.32 Å². The fourth-order valence-electron chi connectivity index (χ4n) is 3.39. The van der Waals surface area contributed by atoms with Crippen LogP contribution >= 0.6 is 0 Å². The smallest absolute Gasteiger partial charge is 0.277 e. The van der Waals surface area contributed by atoms with Crippen molar-refractivity contribution < 1.29 is 9.59 Å². The normalized spacial score (nSPS) is 20.0. The van der Waals surface area contributed by atoms with E-state index in [1.165, 1.54) is 11.0 Å². The second kappa shape index (κ2) is 7.05. The molecule has 0 saturated carbocycles. The van der Waals surface area contributed by atoms with Crippen molar-refractivity contribution in [2.75, 3.05) is 0 Å². The molecule has 1 aliphatic carbocycles. The minimum Gasteiger partial charge on any atom is -0.325 e. The van der Waals surface area contributed by atoms with Crippen molar-refractivity contribution >= 4 is 17.5 Å². The summed E-state index contributed by atoms with van der Waals surface area (Å²) in [5.74, 6) is -0.568. The summed E-state index contributed by atoms with van der Waals surface area (Å²) in [6.45, 7) is 6.23. The molecule has 2 amide bonds. The quantitative estimate of drug-likeness (QED) is 0.851. The number of tetrazole rings is 1. The van der Waals surface area contributed by atoms with Gasteiger partial charge in [0.05, 0.1) is 11.4 Å². The Morgan fingerprint density at radius 2 is 2.07 bits per heavy atom. The lowest BCUT2D eigenvalue weighted by molar-refractivity contribution is -0.116. The maximum absolute atomic E-state index is 12.7. The molecule has 8 nitrogen and oxygen atoms in total. The number of carbonyl (C=O) groups is 2. The zero-order chi connectivity index (χ0) is 20.6. The number of carbonyl (C=O) groups excluding carboxylic acids is 2. The standard InChI is InChI=1S/C21H20N6O2/c1-21(2,3)17-11-19(28)24-18-10-14(7-8-16(17)18)23-20(29)13-5-4-6-15(9-13)27-12-22-25-26-27/h4-12,16H,1-3H3,(H,24,28). The van der Waals surface area contributed by atoms with Gasteiger partial charge in [0.25, 0.3) is 5.91 Å². The first-order chi connectivity index (χ1) is 13.8. The highest BCUT2D eigenvalue weighted by molar-refractivity contribution is 6.14. The molecule has 4 rings (SSSR count). The van der Waals surface area contributed by atoms with Gasteiger partial charge in [0.2, 0.25) is 5.91 Å². The van der Waals surface area contributed by atoms with Gasteiger partial charge in [-0.25, -0.2) is 9.67 Å². The van der Waals surface area contributed by atoms with E-state index in [1.54, 1.807) is 36.4 Å². The van der Waals surface area contributed by atoms with Crippen molar-refractivity contribution in [2.24, 2.45) is 16.3 Å². The summed E-state index contributed by atoms with van der Waals surface area (Å²) < 4.78 is 1.47. The molecule has 29 heavy (non-hydrogen) atoms. The minimum absolute atomic E-state index is 0.0232. The molecule has 146 valence electrons. The molecule has 0 radical (unpaired) electrons. The van der Waals surface area contributed by atoms with Crippen molar-refractivity contribution in [3.63, 3.8) is 0 Å². The highest BCUT2D eigenvalue weighted by atomic mass is 16.2. The monoisotopic (exact) mass is 388 g/mol. The predicted molar refractivity (Wildman–Crippen MR) is 107 cm³/mol. The predicted octanol–water partition coefficient (Wildman–Crippen LogP) is 2.42. The molecule has 1 aliphatic heterocycles. The topological polar surface area (TPSA) is 102 Å². The Labute approximate surface area is 167 Å². The molecular weight excluding hydrogens is 368 g/mol. The minimum atomic E-state index is -0.386. The Hall–Kier alpha value is -3.68. The summed E-state index contributed by atoms with van der Waals surface area (Å²) >= 11 is 0. The number of nitrogens with one attached hydrogen (secondary N) is 1. The second-order valence-electron chi connectivity index (χ2n) is 7.92. The molecule has 2 aromatic rings. The molecule has 1 aromatic carbocycles. The van der Waals surface area contributed by atoms with Gasteiger partial charge in [0.15, 0.2) is 0 Å². The average Bonchev–Trinajstić information content (AvgIpc) is 3.21. The Kier molecular flexibility index (Phi) is 4.54. The van der Waals surface area contributed by atoms with E-state index in [0.29, 0.717) is 17.0 Å². The summed E-state index contributed by atoms with van der Waals surface area (Å²) in [4.78, 5) is 29.0. The molecule has 0 bridgehead atoms. The van der Waals surface area contributed by atoms with Crippen molar-refractivity contribution in [1.29, 1.82) is 0 Å². The number of fused-ring (bicyclic) bond motifs is 1. The van der Waals surface area contributed by atoms with Crippen LogP contribution in [0.1, 0.15) is 31.1 Å². The van der Waals surface area contributed by atoms with E-state index in [4.69, 9.17) is 0 Å². The Balaban J connectivity index is 1.61. The van der Waals surface area contributed by atoms with E-state index in [9.17, 15) is 9.59 Å². The van der Waals surface area contributed by atoms with E-state index < -0.39 is 0 Å². The van der Waals surface area contributed by atoms with Gasteiger partial charge in [0.1, 0.15) is 6.33 Å². The van der Waals surface area contributed by atoms with Crippen LogP contribution in [0.25, 0.3) is 5.69 Å². The number of nitrogens with zero attached hydrogens (tertiary/aromatic N) is 5. The summed E-state index contributed by atoms with van der Waals surface area (Å²) in [6.07, 6.45) is 8.65. The number of aliphatic imine (C=N–C) groups is 1. The Bertz CT molecular complexity index is 1100. The van der Waals surface area contributed by atoms with E-state index in [0.717, 1.165) is 11.3 Å². The molecule has 0 saturated heterocycles. The van der Waals surface area contributed by atoms with Crippen molar-refractivity contribution in [1.82, 2.24) is 25.5 Å². The van der Waals surface area contributed by atoms with Crippen LogP contribution in [0, 0.1) is 11.3 Å². The molecule has 0 fully saturated rings. The third kappa shape index (κ3) is 3.82. The van der Waals surface area contributed by atoms with E-state index >= 15 is 0 Å². The fraction of sp³-hybridized carbons (Fsp3) is 0.238. The number of aromatic nitrogens is 4. The molecule has 1 aromatic heterocycles. The van der Waals surface area contributed by atoms with Crippen LogP contribution in [-0.2, 0) is 4.79 Å². The SMILES string of the molecule is CC(C)(C)C1=CC(=O)NC2=CC(=NC(=O)c3cccc(-n4cnnn4)c3)C=CC21. The maximum Gasteiger partial charge on any atom is 0.277 e.